The molecule has 0 bridgehead atoms. The standard InChI is InChI=1S/C7H8O.C2H6.CH5NO2S/c1-8-7-5-3-2-4-6-7;1-2;1-5(2,3)4/h2-6H,1H3;1-2H3;1H3,(H2,2,3,4). The Hall–Kier alpha value is -1.07. The summed E-state index contributed by atoms with van der Waals surface area (Å²) >= 11 is 0. The van der Waals surface area contributed by atoms with Crippen LogP contribution < -0.4 is 9.88 Å². The number of benzene rings is 1. The Balaban J connectivity index is 0. The van der Waals surface area contributed by atoms with Crippen LogP contribution in [0.5, 0.6) is 5.75 Å². The van der Waals surface area contributed by atoms with Gasteiger partial charge in [-0.2, -0.15) is 0 Å². The third-order valence-corrected chi connectivity index (χ3v) is 0.979. The second-order valence-corrected chi connectivity index (χ2v) is 4.01. The molecule has 0 aromatic heterocycles. The van der Waals surface area contributed by atoms with E-state index in [1.807, 2.05) is 44.2 Å². The van der Waals surface area contributed by atoms with Crippen molar-refractivity contribution in [2.45, 2.75) is 13.8 Å². The molecular formula is C10H19NO3S. The van der Waals surface area contributed by atoms with Crippen molar-refractivity contribution < 1.29 is 13.2 Å². The highest BCUT2D eigenvalue weighted by atomic mass is 32.2. The lowest BCUT2D eigenvalue weighted by molar-refractivity contribution is 0.415. The minimum absolute atomic E-state index is 0.910. The molecule has 1 rings (SSSR count). The molecule has 5 heteroatoms. The maximum Gasteiger partial charge on any atom is 0.206 e. The number of ether oxygens (including phenoxy) is 1. The van der Waals surface area contributed by atoms with Crippen molar-refractivity contribution >= 4 is 10.0 Å². The normalized spacial score (nSPS) is 8.87. The van der Waals surface area contributed by atoms with Gasteiger partial charge in [-0.25, -0.2) is 13.6 Å². The summed E-state index contributed by atoms with van der Waals surface area (Å²) in [4.78, 5) is 0. The Kier molecular flexibility index (Phi) is 10.3. The van der Waals surface area contributed by atoms with E-state index in [0.29, 0.717) is 0 Å². The molecule has 0 amide bonds. The fraction of sp³-hybridized carbons (Fsp3) is 0.400. The third kappa shape index (κ3) is 19.4. The van der Waals surface area contributed by atoms with Gasteiger partial charge in [-0.05, 0) is 12.1 Å². The van der Waals surface area contributed by atoms with E-state index in [1.54, 1.807) is 7.11 Å². The van der Waals surface area contributed by atoms with Gasteiger partial charge in [0, 0.05) is 0 Å². The first-order chi connectivity index (χ1) is 6.93. The predicted octanol–water partition coefficient (Wildman–Crippen LogP) is 1.63. The smallest absolute Gasteiger partial charge is 0.206 e. The van der Waals surface area contributed by atoms with E-state index in [-0.39, 0.29) is 0 Å². The maximum absolute atomic E-state index is 9.41. The molecule has 0 aliphatic rings. The number of hydrogen-bond acceptors (Lipinski definition) is 3. The van der Waals surface area contributed by atoms with Crippen molar-refractivity contribution in [2.75, 3.05) is 13.4 Å². The largest absolute Gasteiger partial charge is 0.497 e. The minimum atomic E-state index is -3.17. The van der Waals surface area contributed by atoms with Gasteiger partial charge in [-0.3, -0.25) is 0 Å². The molecule has 0 heterocycles. The highest BCUT2D eigenvalue weighted by Gasteiger charge is 1.80. The lowest BCUT2D eigenvalue weighted by atomic mass is 10.3. The summed E-state index contributed by atoms with van der Waals surface area (Å²) in [6.07, 6.45) is 0.938. The van der Waals surface area contributed by atoms with E-state index < -0.39 is 10.0 Å². The molecule has 1 aromatic carbocycles. The van der Waals surface area contributed by atoms with Crippen LogP contribution in [0.2, 0.25) is 0 Å². The van der Waals surface area contributed by atoms with Crippen molar-refractivity contribution in [1.29, 1.82) is 0 Å². The average molecular weight is 233 g/mol. The van der Waals surface area contributed by atoms with E-state index in [2.05, 4.69) is 5.14 Å². The number of nitrogens with two attached hydrogens (primary N) is 1. The SMILES string of the molecule is CC.COc1ccccc1.CS(N)(=O)=O. The summed E-state index contributed by atoms with van der Waals surface area (Å²) in [5, 5.41) is 4.33. The first-order valence-corrected chi connectivity index (χ1v) is 6.45. The molecule has 4 nitrogen and oxygen atoms in total. The summed E-state index contributed by atoms with van der Waals surface area (Å²) < 4.78 is 23.7. The van der Waals surface area contributed by atoms with Gasteiger partial charge in [0.05, 0.1) is 13.4 Å². The number of para-hydroxylation sites is 1. The maximum atomic E-state index is 9.41. The van der Waals surface area contributed by atoms with E-state index in [1.165, 1.54) is 0 Å². The quantitative estimate of drug-likeness (QED) is 0.801. The second kappa shape index (κ2) is 9.48. The molecule has 0 fully saturated rings. The third-order valence-electron chi connectivity index (χ3n) is 0.979. The Morgan fingerprint density at radius 2 is 1.47 bits per heavy atom. The second-order valence-electron chi connectivity index (χ2n) is 2.35. The van der Waals surface area contributed by atoms with Gasteiger partial charge in [0.25, 0.3) is 0 Å². The van der Waals surface area contributed by atoms with E-state index in [4.69, 9.17) is 4.74 Å². The number of rotatable bonds is 1. The zero-order valence-corrected chi connectivity index (χ0v) is 10.4. The fourth-order valence-corrected chi connectivity index (χ4v) is 0.557. The Labute approximate surface area is 92.1 Å². The van der Waals surface area contributed by atoms with Crippen LogP contribution in [0.25, 0.3) is 0 Å². The highest BCUT2D eigenvalue weighted by Crippen LogP contribution is 2.05. The van der Waals surface area contributed by atoms with Crippen molar-refractivity contribution in [3.05, 3.63) is 30.3 Å². The summed E-state index contributed by atoms with van der Waals surface area (Å²) in [5.41, 5.74) is 0. The van der Waals surface area contributed by atoms with Crippen LogP contribution in [-0.2, 0) is 10.0 Å². The first kappa shape index (κ1) is 16.4. The zero-order valence-electron chi connectivity index (χ0n) is 9.60. The molecule has 0 saturated carbocycles. The van der Waals surface area contributed by atoms with Crippen LogP contribution in [0.4, 0.5) is 0 Å². The molecule has 1 aromatic rings. The molecule has 0 spiro atoms. The van der Waals surface area contributed by atoms with Crippen molar-refractivity contribution in [2.24, 2.45) is 5.14 Å². The van der Waals surface area contributed by atoms with Gasteiger partial charge >= 0.3 is 0 Å². The van der Waals surface area contributed by atoms with Crippen molar-refractivity contribution in [3.63, 3.8) is 0 Å². The van der Waals surface area contributed by atoms with Crippen molar-refractivity contribution in [3.8, 4) is 5.75 Å². The molecule has 0 aliphatic carbocycles. The molecular weight excluding hydrogens is 214 g/mol. The molecule has 0 saturated heterocycles. The summed E-state index contributed by atoms with van der Waals surface area (Å²) in [6, 6.07) is 9.68. The highest BCUT2D eigenvalue weighted by molar-refractivity contribution is 7.88. The minimum Gasteiger partial charge on any atom is -0.497 e. The van der Waals surface area contributed by atoms with Gasteiger partial charge in [0.15, 0.2) is 0 Å². The van der Waals surface area contributed by atoms with Crippen molar-refractivity contribution in [1.82, 2.24) is 0 Å². The average Bonchev–Trinajstić information content (AvgIpc) is 2.20. The van der Waals surface area contributed by atoms with Crippen LogP contribution in [0, 0.1) is 0 Å². The van der Waals surface area contributed by atoms with Gasteiger partial charge in [0.1, 0.15) is 5.75 Å². The van der Waals surface area contributed by atoms with E-state index in [0.717, 1.165) is 12.0 Å². The van der Waals surface area contributed by atoms with Gasteiger partial charge in [-0.1, -0.05) is 32.0 Å². The summed E-state index contributed by atoms with van der Waals surface area (Å²) in [5.74, 6) is 0.910. The van der Waals surface area contributed by atoms with Gasteiger partial charge in [-0.15, -0.1) is 0 Å². The summed E-state index contributed by atoms with van der Waals surface area (Å²) in [6.45, 7) is 4.00. The molecule has 2 N–H and O–H groups in total. The molecule has 0 aliphatic heterocycles. The topological polar surface area (TPSA) is 69.4 Å². The van der Waals surface area contributed by atoms with E-state index >= 15 is 0 Å². The van der Waals surface area contributed by atoms with Crippen LogP contribution in [0.15, 0.2) is 30.3 Å². The Morgan fingerprint density at radius 3 is 1.67 bits per heavy atom. The molecule has 0 atom stereocenters. The first-order valence-electron chi connectivity index (χ1n) is 4.50. The number of hydrogen-bond donors (Lipinski definition) is 1. The van der Waals surface area contributed by atoms with Crippen LogP contribution in [0.1, 0.15) is 13.8 Å². The monoisotopic (exact) mass is 233 g/mol. The number of sulfonamides is 1. The molecule has 0 unspecified atom stereocenters. The van der Waals surface area contributed by atoms with Gasteiger partial charge < -0.3 is 4.74 Å². The van der Waals surface area contributed by atoms with Crippen LogP contribution >= 0.6 is 0 Å². The number of primary sulfonamides is 1. The molecule has 0 radical (unpaired) electrons. The molecule has 15 heavy (non-hydrogen) atoms. The van der Waals surface area contributed by atoms with E-state index in [9.17, 15) is 8.42 Å². The van der Waals surface area contributed by atoms with Gasteiger partial charge in [0.2, 0.25) is 10.0 Å². The lowest BCUT2D eigenvalue weighted by Gasteiger charge is -1.93. The molecule has 88 valence electrons. The summed E-state index contributed by atoms with van der Waals surface area (Å²) in [7, 11) is -1.50. The Bertz CT molecular complexity index is 314. The van der Waals surface area contributed by atoms with Crippen LogP contribution in [0.3, 0.4) is 0 Å². The van der Waals surface area contributed by atoms with Crippen LogP contribution in [-0.4, -0.2) is 21.8 Å². The lowest BCUT2D eigenvalue weighted by Crippen LogP contribution is -2.07. The zero-order chi connectivity index (χ0) is 12.3. The number of methoxy groups -OCH3 is 1. The predicted molar refractivity (Wildman–Crippen MR) is 63.4 cm³/mol. The fourth-order valence-electron chi connectivity index (χ4n) is 0.557. The Morgan fingerprint density at radius 1 is 1.13 bits per heavy atom.